The monoisotopic (exact) mass is 667 g/mol. The van der Waals surface area contributed by atoms with E-state index >= 15 is 0 Å². The summed E-state index contributed by atoms with van der Waals surface area (Å²) in [6, 6.07) is -3.34. The number of nitrogens with one attached hydrogen (secondary N) is 4. The molecule has 1 aliphatic rings. The van der Waals surface area contributed by atoms with E-state index in [1.54, 1.807) is 0 Å². The quantitative estimate of drug-likeness (QED) is 0.0739. The van der Waals surface area contributed by atoms with E-state index in [9.17, 15) is 54.0 Å². The van der Waals surface area contributed by atoms with E-state index in [0.29, 0.717) is 12.0 Å². The van der Waals surface area contributed by atoms with Gasteiger partial charge in [0.1, 0.15) is 36.0 Å². The van der Waals surface area contributed by atoms with E-state index in [1.807, 2.05) is 5.32 Å². The first-order valence-electron chi connectivity index (χ1n) is 14.6. The number of benzene rings is 1. The number of aliphatic carboxylic acids is 1. The summed E-state index contributed by atoms with van der Waals surface area (Å²) in [5.41, 5.74) is 11.3. The third kappa shape index (κ3) is 11.2. The van der Waals surface area contributed by atoms with Crippen LogP contribution in [0.25, 0.3) is 0 Å². The maximum atomic E-state index is 13.5. The summed E-state index contributed by atoms with van der Waals surface area (Å²) in [7, 11) is 0. The van der Waals surface area contributed by atoms with Crippen molar-refractivity contribution in [3.05, 3.63) is 29.8 Å². The van der Waals surface area contributed by atoms with E-state index in [4.69, 9.17) is 16.6 Å². The van der Waals surface area contributed by atoms with E-state index in [-0.39, 0.29) is 25.1 Å². The van der Waals surface area contributed by atoms with Gasteiger partial charge in [-0.15, -0.1) is 0 Å². The number of carbonyl (C=O) groups is 7. The highest BCUT2D eigenvalue weighted by molar-refractivity contribution is 5.97. The van der Waals surface area contributed by atoms with Crippen LogP contribution in [0, 0.1) is 0 Å². The Morgan fingerprint density at radius 1 is 0.894 bits per heavy atom. The first-order valence-corrected chi connectivity index (χ1v) is 14.6. The summed E-state index contributed by atoms with van der Waals surface area (Å²) < 4.78 is 0. The van der Waals surface area contributed by atoms with Crippen molar-refractivity contribution >= 4 is 41.4 Å². The molecule has 260 valence electrons. The van der Waals surface area contributed by atoms with Crippen molar-refractivity contribution in [2.45, 2.75) is 75.0 Å². The summed E-state index contributed by atoms with van der Waals surface area (Å²) in [6.07, 6.45) is -1.79. The highest BCUT2D eigenvalue weighted by Crippen LogP contribution is 2.19. The Bertz CT molecular complexity index is 1310. The standard InChI is InChI=1S/C28H41N7O12/c1-13(38)22(26(44)33-19(12-37)28(46)47)34-25(43)20-3-2-8-35(20)27(45)18(11-36)32-24(42)17(9-14-4-6-15(39)7-5-14)31-23(41)16(29)10-21(30)40/h4-7,13,16-20,22,36-39H,2-3,8-12,29H2,1H3,(H2,30,40)(H,31,41)(H,32,42)(H,33,44)(H,34,43)(H,46,47)/t13-,16+,17+,18+,19+,20+,22+/m1/s1. The molecule has 47 heavy (non-hydrogen) atoms. The minimum Gasteiger partial charge on any atom is -0.508 e. The third-order valence-electron chi connectivity index (χ3n) is 7.26. The number of aromatic hydroxyl groups is 1. The van der Waals surface area contributed by atoms with Gasteiger partial charge in [-0.1, -0.05) is 12.1 Å². The van der Waals surface area contributed by atoms with Gasteiger partial charge in [-0.25, -0.2) is 4.79 Å². The molecule has 0 bridgehead atoms. The van der Waals surface area contributed by atoms with Gasteiger partial charge in [-0.05, 0) is 37.5 Å². The van der Waals surface area contributed by atoms with Gasteiger partial charge in [0.25, 0.3) is 0 Å². The number of carboxylic acids is 1. The second kappa shape index (κ2) is 17.7. The number of nitrogens with two attached hydrogens (primary N) is 2. The highest BCUT2D eigenvalue weighted by atomic mass is 16.4. The van der Waals surface area contributed by atoms with Gasteiger partial charge in [0, 0.05) is 13.0 Å². The maximum Gasteiger partial charge on any atom is 0.328 e. The van der Waals surface area contributed by atoms with Crippen molar-refractivity contribution in [3.63, 3.8) is 0 Å². The number of rotatable bonds is 17. The number of carboxylic acid groups (broad SMARTS) is 1. The fraction of sp³-hybridized carbons (Fsp3) is 0.536. The van der Waals surface area contributed by atoms with Gasteiger partial charge in [-0.2, -0.15) is 0 Å². The van der Waals surface area contributed by atoms with Crippen molar-refractivity contribution in [2.24, 2.45) is 11.5 Å². The van der Waals surface area contributed by atoms with Crippen LogP contribution in [0.3, 0.4) is 0 Å². The molecule has 19 heteroatoms. The lowest BCUT2D eigenvalue weighted by Crippen LogP contribution is -2.61. The van der Waals surface area contributed by atoms with Crippen LogP contribution in [0.4, 0.5) is 0 Å². The Kier molecular flexibility index (Phi) is 14.5. The molecule has 6 amide bonds. The molecule has 0 aromatic heterocycles. The first kappa shape index (κ1) is 38.3. The largest absolute Gasteiger partial charge is 0.508 e. The van der Waals surface area contributed by atoms with E-state index in [0.717, 1.165) is 11.8 Å². The number of aliphatic hydroxyl groups excluding tert-OH is 3. The Morgan fingerprint density at radius 2 is 1.47 bits per heavy atom. The molecule has 13 N–H and O–H groups in total. The summed E-state index contributed by atoms with van der Waals surface area (Å²) >= 11 is 0. The van der Waals surface area contributed by atoms with Crippen LogP contribution in [0.2, 0.25) is 0 Å². The molecule has 0 aliphatic carbocycles. The molecule has 1 aromatic carbocycles. The Balaban J connectivity index is 2.20. The number of nitrogens with zero attached hydrogens (tertiary/aromatic N) is 1. The number of hydrogen-bond donors (Lipinski definition) is 11. The number of amides is 6. The summed E-state index contributed by atoms with van der Waals surface area (Å²) in [6.45, 7) is -0.717. The molecule has 1 saturated heterocycles. The molecule has 0 unspecified atom stereocenters. The number of likely N-dealkylation sites (tertiary alicyclic amines) is 1. The average molecular weight is 668 g/mol. The van der Waals surface area contributed by atoms with Gasteiger partial charge in [-0.3, -0.25) is 28.8 Å². The Morgan fingerprint density at radius 3 is 2.00 bits per heavy atom. The van der Waals surface area contributed by atoms with Gasteiger partial charge >= 0.3 is 5.97 Å². The highest BCUT2D eigenvalue weighted by Gasteiger charge is 2.40. The molecule has 2 rings (SSSR count). The van der Waals surface area contributed by atoms with Gasteiger partial charge in [0.2, 0.25) is 35.4 Å². The Hall–Kier alpha value is -4.85. The van der Waals surface area contributed by atoms with Gasteiger partial charge < -0.3 is 63.2 Å². The number of hydrogen-bond acceptors (Lipinski definition) is 12. The van der Waals surface area contributed by atoms with E-state index in [2.05, 4.69) is 16.0 Å². The number of primary amides is 1. The zero-order valence-electron chi connectivity index (χ0n) is 25.5. The SMILES string of the molecule is C[C@@H](O)[C@H](NC(=O)[C@@H]1CCCN1C(=O)[C@H](CO)NC(=O)[C@H](Cc1ccc(O)cc1)NC(=O)[C@@H](N)CC(N)=O)C(=O)N[C@@H](CO)C(=O)O. The molecule has 19 nitrogen and oxygen atoms in total. The molecule has 0 spiro atoms. The average Bonchev–Trinajstić information content (AvgIpc) is 3.51. The van der Waals surface area contributed by atoms with Crippen LogP contribution < -0.4 is 32.7 Å². The summed E-state index contributed by atoms with van der Waals surface area (Å²) in [4.78, 5) is 88.7. The van der Waals surface area contributed by atoms with Gasteiger partial charge in [0.05, 0.1) is 31.8 Å². The topological polar surface area (TPSA) is 324 Å². The van der Waals surface area contributed by atoms with Crippen molar-refractivity contribution in [1.82, 2.24) is 26.2 Å². The third-order valence-corrected chi connectivity index (χ3v) is 7.26. The van der Waals surface area contributed by atoms with Gasteiger partial charge in [0.15, 0.2) is 0 Å². The minimum absolute atomic E-state index is 0.01000. The smallest absolute Gasteiger partial charge is 0.328 e. The molecular formula is C28H41N7O12. The second-order valence-electron chi connectivity index (χ2n) is 11.0. The lowest BCUT2D eigenvalue weighted by Gasteiger charge is -2.30. The van der Waals surface area contributed by atoms with E-state index in [1.165, 1.54) is 24.3 Å². The van der Waals surface area contributed by atoms with Crippen molar-refractivity contribution in [3.8, 4) is 5.75 Å². The first-order chi connectivity index (χ1) is 22.1. The number of aliphatic hydroxyl groups is 3. The van der Waals surface area contributed by atoms with E-state index < -0.39 is 103 Å². The predicted molar refractivity (Wildman–Crippen MR) is 160 cm³/mol. The molecule has 1 aromatic rings. The summed E-state index contributed by atoms with van der Waals surface area (Å²) in [5, 5.41) is 57.0. The van der Waals surface area contributed by atoms with Crippen molar-refractivity contribution in [2.75, 3.05) is 19.8 Å². The lowest BCUT2D eigenvalue weighted by molar-refractivity contribution is -0.145. The summed E-state index contributed by atoms with van der Waals surface area (Å²) in [5.74, 6) is -7.21. The molecule has 0 saturated carbocycles. The number of phenols is 1. The van der Waals surface area contributed by atoms with Crippen molar-refractivity contribution in [1.29, 1.82) is 0 Å². The minimum atomic E-state index is -1.71. The molecule has 1 heterocycles. The van der Waals surface area contributed by atoms with Crippen molar-refractivity contribution < 1.29 is 59.1 Å². The number of phenolic OH excluding ortho intramolecular Hbond substituents is 1. The molecule has 7 atom stereocenters. The zero-order chi connectivity index (χ0) is 35.4. The van der Waals surface area contributed by atoms with Crippen LogP contribution in [0.5, 0.6) is 5.75 Å². The number of carbonyl (C=O) groups excluding carboxylic acids is 6. The molecule has 1 fully saturated rings. The Labute approximate surface area is 268 Å². The molecule has 1 aliphatic heterocycles. The van der Waals surface area contributed by atoms with Crippen LogP contribution in [-0.2, 0) is 40.0 Å². The fourth-order valence-electron chi connectivity index (χ4n) is 4.73. The van der Waals surface area contributed by atoms with Crippen LogP contribution >= 0.6 is 0 Å². The van der Waals surface area contributed by atoms with Crippen LogP contribution in [-0.4, -0.2) is 134 Å². The van der Waals surface area contributed by atoms with Crippen LogP contribution in [0.1, 0.15) is 31.7 Å². The lowest BCUT2D eigenvalue weighted by atomic mass is 10.0. The normalized spacial score (nSPS) is 18.1. The fourth-order valence-corrected chi connectivity index (χ4v) is 4.73. The van der Waals surface area contributed by atoms with Crippen LogP contribution in [0.15, 0.2) is 24.3 Å². The molecular weight excluding hydrogens is 626 g/mol. The second-order valence-corrected chi connectivity index (χ2v) is 11.0. The predicted octanol–water partition coefficient (Wildman–Crippen LogP) is -5.48. The molecule has 0 radical (unpaired) electrons. The maximum absolute atomic E-state index is 13.5. The zero-order valence-corrected chi connectivity index (χ0v) is 25.5.